The van der Waals surface area contributed by atoms with Crippen LogP contribution in [0.3, 0.4) is 0 Å². The van der Waals surface area contributed by atoms with Crippen molar-refractivity contribution in [2.24, 2.45) is 0 Å². The fourth-order valence-corrected chi connectivity index (χ4v) is 9.26. The van der Waals surface area contributed by atoms with Crippen LogP contribution in [-0.4, -0.2) is 15.4 Å². The van der Waals surface area contributed by atoms with E-state index in [-0.39, 0.29) is 0 Å². The Kier molecular flexibility index (Phi) is 7.35. The van der Waals surface area contributed by atoms with Gasteiger partial charge in [-0.3, -0.25) is 4.79 Å². The van der Waals surface area contributed by atoms with Gasteiger partial charge in [0.2, 0.25) is 0 Å². The number of nitrogens with zero attached hydrogens (tertiary/aromatic N) is 2. The van der Waals surface area contributed by atoms with Crippen molar-refractivity contribution in [1.29, 1.82) is 0 Å². The first-order valence-corrected chi connectivity index (χ1v) is 19.9. The third kappa shape index (κ3) is 5.20. The summed E-state index contributed by atoms with van der Waals surface area (Å²) in [5, 5.41) is 6.89. The molecule has 0 fully saturated rings. The van der Waals surface area contributed by atoms with Crippen LogP contribution in [0.4, 0.5) is 0 Å². The monoisotopic (exact) mass is 754 g/mol. The number of furan rings is 1. The molecular weight excluding hydrogens is 721 g/mol. The van der Waals surface area contributed by atoms with Gasteiger partial charge in [-0.25, -0.2) is 0 Å². The molecule has 0 saturated heterocycles. The van der Waals surface area contributed by atoms with Gasteiger partial charge in [-0.1, -0.05) is 115 Å². The Morgan fingerprint density at radius 2 is 0.898 bits per heavy atom. The minimum Gasteiger partial charge on any atom is -0.455 e. The standard InChI is InChI=1S/C55H34N2O2/c58-34-35-28-39(36-23-26-51-48(31-36)44-16-7-9-20-50(44)56(51)41-12-3-1-4-13-41)30-40(29-35)37-24-27-52-49(32-37)45-25-22-38(33-53(45)57(52)42-14-5-2-6-15-42)43-18-11-19-47-46-17-8-10-21-54(46)59-55(43)47/h1-34H. The second-order valence-electron chi connectivity index (χ2n) is 15.3. The molecule has 4 nitrogen and oxygen atoms in total. The van der Waals surface area contributed by atoms with Crippen molar-refractivity contribution in [3.8, 4) is 44.8 Å². The van der Waals surface area contributed by atoms with Crippen molar-refractivity contribution < 1.29 is 9.21 Å². The molecule has 3 heterocycles. The zero-order valence-electron chi connectivity index (χ0n) is 31.8. The largest absolute Gasteiger partial charge is 0.455 e. The molecule has 0 bridgehead atoms. The van der Waals surface area contributed by atoms with Gasteiger partial charge in [0.15, 0.2) is 0 Å². The van der Waals surface area contributed by atoms with E-state index in [4.69, 9.17) is 4.42 Å². The van der Waals surface area contributed by atoms with E-state index in [0.29, 0.717) is 5.56 Å². The summed E-state index contributed by atoms with van der Waals surface area (Å²) in [5.41, 5.74) is 15.4. The van der Waals surface area contributed by atoms with E-state index in [1.165, 1.54) is 10.8 Å². The average molecular weight is 755 g/mol. The number of aromatic nitrogens is 2. The molecule has 0 amide bonds. The number of carbonyl (C=O) groups is 1. The number of para-hydroxylation sites is 5. The molecule has 4 heteroatoms. The molecule has 0 radical (unpaired) electrons. The highest BCUT2D eigenvalue weighted by atomic mass is 16.3. The van der Waals surface area contributed by atoms with Crippen LogP contribution in [0.25, 0.3) is 110 Å². The minimum atomic E-state index is 0.639. The molecule has 0 N–H and O–H groups in total. The molecule has 0 unspecified atom stereocenters. The first-order valence-electron chi connectivity index (χ1n) is 19.9. The van der Waals surface area contributed by atoms with Gasteiger partial charge >= 0.3 is 0 Å². The van der Waals surface area contributed by atoms with Crippen LogP contribution in [0.15, 0.2) is 205 Å². The molecule has 0 aliphatic carbocycles. The quantitative estimate of drug-likeness (QED) is 0.159. The maximum atomic E-state index is 12.5. The number of fused-ring (bicyclic) bond motifs is 9. The van der Waals surface area contributed by atoms with Crippen LogP contribution in [0, 0.1) is 0 Å². The molecule has 12 rings (SSSR count). The molecule has 0 spiro atoms. The lowest BCUT2D eigenvalue weighted by Crippen LogP contribution is -1.93. The van der Waals surface area contributed by atoms with E-state index in [2.05, 4.69) is 179 Å². The van der Waals surface area contributed by atoms with E-state index in [1.807, 2.05) is 30.3 Å². The molecule has 0 atom stereocenters. The van der Waals surface area contributed by atoms with E-state index in [9.17, 15) is 4.79 Å². The fourth-order valence-electron chi connectivity index (χ4n) is 9.26. The molecular formula is C55H34N2O2. The van der Waals surface area contributed by atoms with Crippen LogP contribution in [-0.2, 0) is 0 Å². The van der Waals surface area contributed by atoms with Crippen molar-refractivity contribution in [3.63, 3.8) is 0 Å². The Morgan fingerprint density at radius 3 is 1.58 bits per heavy atom. The summed E-state index contributed by atoms with van der Waals surface area (Å²) in [7, 11) is 0. The molecule has 9 aromatic carbocycles. The molecule has 276 valence electrons. The molecule has 12 aromatic rings. The van der Waals surface area contributed by atoms with Crippen molar-refractivity contribution >= 4 is 71.8 Å². The van der Waals surface area contributed by atoms with Crippen molar-refractivity contribution in [2.75, 3.05) is 0 Å². The van der Waals surface area contributed by atoms with E-state index in [0.717, 1.165) is 106 Å². The summed E-state index contributed by atoms with van der Waals surface area (Å²) in [6.07, 6.45) is 0.955. The number of benzene rings is 9. The summed E-state index contributed by atoms with van der Waals surface area (Å²) in [6, 6.07) is 70.5. The first-order chi connectivity index (χ1) is 29.2. The van der Waals surface area contributed by atoms with E-state index >= 15 is 0 Å². The fraction of sp³-hybridized carbons (Fsp3) is 0. The van der Waals surface area contributed by atoms with Gasteiger partial charge < -0.3 is 13.6 Å². The number of rotatable bonds is 6. The van der Waals surface area contributed by atoms with Gasteiger partial charge in [0.25, 0.3) is 0 Å². The van der Waals surface area contributed by atoms with Gasteiger partial charge in [0.05, 0.1) is 22.1 Å². The molecule has 0 aliphatic heterocycles. The normalized spacial score (nSPS) is 11.8. The number of hydrogen-bond donors (Lipinski definition) is 0. The Bertz CT molecular complexity index is 3630. The summed E-state index contributed by atoms with van der Waals surface area (Å²) in [4.78, 5) is 12.5. The van der Waals surface area contributed by atoms with Crippen LogP contribution in [0.2, 0.25) is 0 Å². The molecule has 59 heavy (non-hydrogen) atoms. The molecule has 0 saturated carbocycles. The zero-order valence-corrected chi connectivity index (χ0v) is 31.8. The van der Waals surface area contributed by atoms with Crippen LogP contribution < -0.4 is 0 Å². The predicted molar refractivity (Wildman–Crippen MR) is 244 cm³/mol. The Morgan fingerprint density at radius 1 is 0.356 bits per heavy atom. The summed E-state index contributed by atoms with van der Waals surface area (Å²) in [5.74, 6) is 0. The summed E-state index contributed by atoms with van der Waals surface area (Å²) >= 11 is 0. The lowest BCUT2D eigenvalue weighted by Gasteiger charge is -2.11. The second kappa shape index (κ2) is 13.1. The lowest BCUT2D eigenvalue weighted by molar-refractivity contribution is 0.112. The second-order valence-corrected chi connectivity index (χ2v) is 15.3. The maximum absolute atomic E-state index is 12.5. The SMILES string of the molecule is O=Cc1cc(-c2ccc3c(c2)c2ccccc2n3-c2ccccc2)cc(-c2ccc3c(c2)c2ccc(-c4cccc5c4oc4ccccc45)cc2n3-c2ccccc2)c1. The lowest BCUT2D eigenvalue weighted by atomic mass is 9.94. The van der Waals surface area contributed by atoms with Crippen LogP contribution >= 0.6 is 0 Å². The topological polar surface area (TPSA) is 40.1 Å². The number of carbonyl (C=O) groups excluding carboxylic acids is 1. The summed E-state index contributed by atoms with van der Waals surface area (Å²) in [6.45, 7) is 0. The third-order valence-corrected chi connectivity index (χ3v) is 11.9. The van der Waals surface area contributed by atoms with Gasteiger partial charge in [0, 0.05) is 54.8 Å². The highest BCUT2D eigenvalue weighted by Crippen LogP contribution is 2.41. The van der Waals surface area contributed by atoms with Crippen molar-refractivity contribution in [3.05, 3.63) is 206 Å². The number of aldehydes is 1. The predicted octanol–water partition coefficient (Wildman–Crippen LogP) is 14.6. The van der Waals surface area contributed by atoms with Gasteiger partial charge in [-0.15, -0.1) is 0 Å². The molecule has 0 aliphatic rings. The zero-order chi connectivity index (χ0) is 39.0. The van der Waals surface area contributed by atoms with Crippen LogP contribution in [0.5, 0.6) is 0 Å². The van der Waals surface area contributed by atoms with Gasteiger partial charge in [-0.2, -0.15) is 0 Å². The Hall–Kier alpha value is -7.95. The highest BCUT2D eigenvalue weighted by Gasteiger charge is 2.18. The highest BCUT2D eigenvalue weighted by molar-refractivity contribution is 6.14. The average Bonchev–Trinajstić information content (AvgIpc) is 3.96. The minimum absolute atomic E-state index is 0.639. The van der Waals surface area contributed by atoms with Gasteiger partial charge in [-0.05, 0) is 113 Å². The van der Waals surface area contributed by atoms with E-state index in [1.54, 1.807) is 0 Å². The number of hydrogen-bond acceptors (Lipinski definition) is 2. The van der Waals surface area contributed by atoms with Crippen molar-refractivity contribution in [1.82, 2.24) is 9.13 Å². The Balaban J connectivity index is 1.02. The van der Waals surface area contributed by atoms with Gasteiger partial charge in [0.1, 0.15) is 17.5 Å². The first kappa shape index (κ1) is 33.2. The van der Waals surface area contributed by atoms with E-state index < -0.39 is 0 Å². The third-order valence-electron chi connectivity index (χ3n) is 11.9. The smallest absolute Gasteiger partial charge is 0.150 e. The maximum Gasteiger partial charge on any atom is 0.150 e. The Labute approximate surface area is 339 Å². The molecule has 3 aromatic heterocycles. The van der Waals surface area contributed by atoms with Crippen LogP contribution in [0.1, 0.15) is 10.4 Å². The van der Waals surface area contributed by atoms with Crippen molar-refractivity contribution in [2.45, 2.75) is 0 Å². The summed E-state index contributed by atoms with van der Waals surface area (Å²) < 4.78 is 11.2.